The van der Waals surface area contributed by atoms with Crippen molar-refractivity contribution >= 4 is 22.0 Å². The zero-order chi connectivity index (χ0) is 15.6. The largest absolute Gasteiger partial charge is 0.444 e. The zero-order valence-corrected chi connectivity index (χ0v) is 14.7. The van der Waals surface area contributed by atoms with Crippen LogP contribution < -0.4 is 0 Å². The fraction of sp³-hybridized carbons (Fsp3) is 0.786. The predicted octanol–water partition coefficient (Wildman–Crippen LogP) is 3.31. The van der Waals surface area contributed by atoms with E-state index in [1.54, 1.807) is 4.90 Å². The van der Waals surface area contributed by atoms with E-state index in [1.807, 2.05) is 32.4 Å². The van der Waals surface area contributed by atoms with Crippen LogP contribution in [0, 0.1) is 6.92 Å². The van der Waals surface area contributed by atoms with Gasteiger partial charge in [-0.3, -0.25) is 0 Å². The summed E-state index contributed by atoms with van der Waals surface area (Å²) in [5, 5.41) is 8.24. The zero-order valence-electron chi connectivity index (χ0n) is 13.1. The lowest BCUT2D eigenvalue weighted by atomic mass is 10.1. The first-order valence-corrected chi connectivity index (χ1v) is 8.12. The number of likely N-dealkylation sites (tertiary alicyclic amines) is 1. The molecule has 7 heteroatoms. The molecule has 21 heavy (non-hydrogen) atoms. The first-order valence-electron chi connectivity index (χ1n) is 7.33. The summed E-state index contributed by atoms with van der Waals surface area (Å²) in [6.45, 7) is 9.10. The second-order valence-electron chi connectivity index (χ2n) is 6.46. The van der Waals surface area contributed by atoms with Gasteiger partial charge in [0.15, 0.2) is 4.60 Å². The van der Waals surface area contributed by atoms with E-state index in [-0.39, 0.29) is 12.1 Å². The molecule has 1 unspecified atom stereocenters. The van der Waals surface area contributed by atoms with Crippen LogP contribution in [0.3, 0.4) is 0 Å². The van der Waals surface area contributed by atoms with Gasteiger partial charge >= 0.3 is 6.09 Å². The van der Waals surface area contributed by atoms with Crippen LogP contribution in [0.1, 0.15) is 51.8 Å². The van der Waals surface area contributed by atoms with Crippen molar-refractivity contribution in [3.63, 3.8) is 0 Å². The van der Waals surface area contributed by atoms with Crippen molar-refractivity contribution in [1.29, 1.82) is 0 Å². The molecule has 1 amide bonds. The van der Waals surface area contributed by atoms with Crippen LogP contribution >= 0.6 is 15.9 Å². The fourth-order valence-electron chi connectivity index (χ4n) is 2.50. The number of nitrogens with zero attached hydrogens (tertiary/aromatic N) is 4. The third-order valence-electron chi connectivity index (χ3n) is 3.57. The predicted molar refractivity (Wildman–Crippen MR) is 83.2 cm³/mol. The lowest BCUT2D eigenvalue weighted by Gasteiger charge is -2.26. The van der Waals surface area contributed by atoms with Crippen LogP contribution in [0.5, 0.6) is 0 Å². The van der Waals surface area contributed by atoms with Gasteiger partial charge in [-0.2, -0.15) is 0 Å². The summed E-state index contributed by atoms with van der Waals surface area (Å²) >= 11 is 3.39. The monoisotopic (exact) mass is 358 g/mol. The number of carbonyl (C=O) groups is 1. The lowest BCUT2D eigenvalue weighted by Crippen LogP contribution is -2.37. The highest BCUT2D eigenvalue weighted by molar-refractivity contribution is 9.10. The summed E-state index contributed by atoms with van der Waals surface area (Å²) in [6, 6.07) is 0.288. The molecule has 0 aliphatic carbocycles. The average molecular weight is 359 g/mol. The van der Waals surface area contributed by atoms with Gasteiger partial charge in [0, 0.05) is 13.1 Å². The van der Waals surface area contributed by atoms with Gasteiger partial charge in [0.25, 0.3) is 0 Å². The first kappa shape index (κ1) is 16.3. The fourth-order valence-corrected chi connectivity index (χ4v) is 2.75. The molecule has 2 heterocycles. The summed E-state index contributed by atoms with van der Waals surface area (Å²) in [6.07, 6.45) is 2.59. The first-order chi connectivity index (χ1) is 9.78. The van der Waals surface area contributed by atoms with Crippen LogP contribution in [-0.2, 0) is 4.74 Å². The molecule has 6 nitrogen and oxygen atoms in total. The van der Waals surface area contributed by atoms with Crippen molar-refractivity contribution in [1.82, 2.24) is 19.9 Å². The van der Waals surface area contributed by atoms with Crippen molar-refractivity contribution in [3.8, 4) is 0 Å². The van der Waals surface area contributed by atoms with E-state index in [2.05, 4.69) is 26.2 Å². The Hall–Kier alpha value is -1.11. The molecular weight excluding hydrogens is 336 g/mol. The van der Waals surface area contributed by atoms with Crippen LogP contribution in [0.2, 0.25) is 0 Å². The number of rotatable bonds is 1. The van der Waals surface area contributed by atoms with Crippen molar-refractivity contribution in [3.05, 3.63) is 10.3 Å². The summed E-state index contributed by atoms with van der Waals surface area (Å²) in [7, 11) is 0. The maximum Gasteiger partial charge on any atom is 0.410 e. The second-order valence-corrected chi connectivity index (χ2v) is 7.21. The highest BCUT2D eigenvalue weighted by atomic mass is 79.9. The maximum atomic E-state index is 12.1. The van der Waals surface area contributed by atoms with Gasteiger partial charge in [0.2, 0.25) is 0 Å². The Bertz CT molecular complexity index is 510. The number of aromatic nitrogens is 3. The molecule has 1 atom stereocenters. The second kappa shape index (κ2) is 6.34. The van der Waals surface area contributed by atoms with Crippen LogP contribution in [0.4, 0.5) is 4.79 Å². The van der Waals surface area contributed by atoms with E-state index in [1.165, 1.54) is 0 Å². The number of amides is 1. The van der Waals surface area contributed by atoms with Gasteiger partial charge in [-0.25, -0.2) is 9.48 Å². The summed E-state index contributed by atoms with van der Waals surface area (Å²) in [5.41, 5.74) is 0.585. The normalized spacial score (nSPS) is 20.2. The van der Waals surface area contributed by atoms with Gasteiger partial charge < -0.3 is 9.64 Å². The van der Waals surface area contributed by atoms with Gasteiger partial charge in [0.1, 0.15) is 5.60 Å². The third kappa shape index (κ3) is 4.18. The molecule has 0 aromatic carbocycles. The average Bonchev–Trinajstić information content (AvgIpc) is 2.61. The maximum absolute atomic E-state index is 12.1. The van der Waals surface area contributed by atoms with E-state index in [4.69, 9.17) is 4.74 Å². The minimum atomic E-state index is -0.448. The Morgan fingerprint density at radius 1 is 1.33 bits per heavy atom. The van der Waals surface area contributed by atoms with Crippen LogP contribution in [-0.4, -0.2) is 44.7 Å². The molecular formula is C14H23BrN4O2. The number of hydrogen-bond donors (Lipinski definition) is 0. The molecule has 1 aromatic heterocycles. The minimum absolute atomic E-state index is 0.223. The van der Waals surface area contributed by atoms with Gasteiger partial charge in [0.05, 0.1) is 11.7 Å². The van der Waals surface area contributed by atoms with Crippen molar-refractivity contribution in [2.75, 3.05) is 13.1 Å². The Morgan fingerprint density at radius 2 is 2.05 bits per heavy atom. The Balaban J connectivity index is 1.99. The minimum Gasteiger partial charge on any atom is -0.444 e. The summed E-state index contributed by atoms with van der Waals surface area (Å²) < 4.78 is 8.19. The highest BCUT2D eigenvalue weighted by Crippen LogP contribution is 2.26. The SMILES string of the molecule is Cc1c(Br)nnn1C1CCCN(C(=O)OC(C)(C)C)CC1. The molecule has 1 aliphatic heterocycles. The van der Waals surface area contributed by atoms with Crippen molar-refractivity contribution in [2.45, 2.75) is 58.6 Å². The third-order valence-corrected chi connectivity index (χ3v) is 4.30. The smallest absolute Gasteiger partial charge is 0.410 e. The number of ether oxygens (including phenoxy) is 1. The molecule has 0 N–H and O–H groups in total. The highest BCUT2D eigenvalue weighted by Gasteiger charge is 2.26. The molecule has 118 valence electrons. The van der Waals surface area contributed by atoms with Gasteiger partial charge in [-0.1, -0.05) is 5.21 Å². The standard InChI is InChI=1S/C14H23BrN4O2/c1-10-12(15)16-17-19(10)11-6-5-8-18(9-7-11)13(20)21-14(2,3)4/h11H,5-9H2,1-4H3. The quantitative estimate of drug-likeness (QED) is 0.772. The summed E-state index contributed by atoms with van der Waals surface area (Å²) in [4.78, 5) is 13.9. The molecule has 2 rings (SSSR count). The molecule has 1 aliphatic rings. The number of halogens is 1. The Kier molecular flexibility index (Phi) is 4.91. The van der Waals surface area contributed by atoms with Crippen LogP contribution in [0.25, 0.3) is 0 Å². The van der Waals surface area contributed by atoms with Gasteiger partial charge in [-0.15, -0.1) is 5.10 Å². The topological polar surface area (TPSA) is 60.2 Å². The van der Waals surface area contributed by atoms with E-state index >= 15 is 0 Å². The van der Waals surface area contributed by atoms with Gasteiger partial charge in [-0.05, 0) is 62.9 Å². The Morgan fingerprint density at radius 3 is 2.62 bits per heavy atom. The molecule has 0 spiro atoms. The van der Waals surface area contributed by atoms with E-state index in [0.717, 1.165) is 36.1 Å². The van der Waals surface area contributed by atoms with Crippen molar-refractivity contribution in [2.24, 2.45) is 0 Å². The van der Waals surface area contributed by atoms with E-state index in [0.29, 0.717) is 6.54 Å². The molecule has 0 bridgehead atoms. The molecule has 1 fully saturated rings. The van der Waals surface area contributed by atoms with Crippen molar-refractivity contribution < 1.29 is 9.53 Å². The lowest BCUT2D eigenvalue weighted by molar-refractivity contribution is 0.0255. The Labute approximate surface area is 134 Å². The number of carbonyl (C=O) groups excluding carboxylic acids is 1. The number of hydrogen-bond acceptors (Lipinski definition) is 4. The molecule has 0 radical (unpaired) electrons. The summed E-state index contributed by atoms with van der Waals surface area (Å²) in [5.74, 6) is 0. The molecule has 1 saturated heterocycles. The van der Waals surface area contributed by atoms with E-state index < -0.39 is 5.60 Å². The molecule has 0 saturated carbocycles. The molecule has 1 aromatic rings. The van der Waals surface area contributed by atoms with Crippen LogP contribution in [0.15, 0.2) is 4.60 Å². The van der Waals surface area contributed by atoms with E-state index in [9.17, 15) is 4.79 Å².